The summed E-state index contributed by atoms with van der Waals surface area (Å²) in [4.78, 5) is 15.7. The maximum Gasteiger partial charge on any atom is 0.156 e. The number of phenolic OH excluding ortho intramolecular Hbond substituents is 1. The standard InChI is InChI=1S/C30H34FN5O4/c1-39-22-9-6-19(27(17-22)40-2)5-8-21(37)13-14-32-30-29-24(33-18-34-30)10-12-28(35-29)36-15-3-4-25(36)23-16-20(31)7-11-26(23)38/h6-7,9-12,16-18,21,25,37-38H,3-5,8,13-15H2,1-2H3,(H,32,33,34)/t21?,25-/m1/s1. The number of halogens is 1. The highest BCUT2D eigenvalue weighted by atomic mass is 19.1. The lowest BCUT2D eigenvalue weighted by molar-refractivity contribution is 0.158. The van der Waals surface area contributed by atoms with E-state index in [-0.39, 0.29) is 17.6 Å². The predicted molar refractivity (Wildman–Crippen MR) is 152 cm³/mol. The Morgan fingerprint density at radius 1 is 1.07 bits per heavy atom. The van der Waals surface area contributed by atoms with Gasteiger partial charge >= 0.3 is 0 Å². The number of methoxy groups -OCH3 is 2. The Hall–Kier alpha value is -4.18. The third-order valence-corrected chi connectivity index (χ3v) is 7.37. The number of nitrogens with zero attached hydrogens (tertiary/aromatic N) is 4. The molecule has 1 saturated heterocycles. The number of aliphatic hydroxyl groups excluding tert-OH is 1. The van der Waals surface area contributed by atoms with Crippen molar-refractivity contribution in [3.8, 4) is 17.2 Å². The molecule has 0 spiro atoms. The van der Waals surface area contributed by atoms with Crippen molar-refractivity contribution >= 4 is 22.7 Å². The first kappa shape index (κ1) is 27.4. The number of benzene rings is 2. The average Bonchev–Trinajstić information content (AvgIpc) is 3.47. The Morgan fingerprint density at radius 2 is 1.95 bits per heavy atom. The number of anilines is 2. The third kappa shape index (κ3) is 6.02. The van der Waals surface area contributed by atoms with E-state index in [1.54, 1.807) is 14.2 Å². The molecule has 1 fully saturated rings. The fourth-order valence-corrected chi connectivity index (χ4v) is 5.26. The van der Waals surface area contributed by atoms with E-state index in [0.717, 1.165) is 36.4 Å². The Morgan fingerprint density at radius 3 is 2.77 bits per heavy atom. The van der Waals surface area contributed by atoms with Crippen molar-refractivity contribution in [1.29, 1.82) is 0 Å². The van der Waals surface area contributed by atoms with Crippen molar-refractivity contribution in [3.63, 3.8) is 0 Å². The maximum atomic E-state index is 14.0. The van der Waals surface area contributed by atoms with Crippen LogP contribution in [-0.2, 0) is 6.42 Å². The molecule has 210 valence electrons. The van der Waals surface area contributed by atoms with Gasteiger partial charge in [0.2, 0.25) is 0 Å². The molecule has 0 aliphatic carbocycles. The van der Waals surface area contributed by atoms with Gasteiger partial charge in [-0.2, -0.15) is 0 Å². The van der Waals surface area contributed by atoms with Crippen LogP contribution in [0.25, 0.3) is 11.0 Å². The van der Waals surface area contributed by atoms with Gasteiger partial charge in [0, 0.05) is 24.7 Å². The summed E-state index contributed by atoms with van der Waals surface area (Å²) in [6.07, 6.45) is 4.44. The molecule has 3 N–H and O–H groups in total. The molecule has 2 atom stereocenters. The predicted octanol–water partition coefficient (Wildman–Crippen LogP) is 5.02. The van der Waals surface area contributed by atoms with Gasteiger partial charge in [-0.15, -0.1) is 0 Å². The van der Waals surface area contributed by atoms with Crippen LogP contribution in [0.3, 0.4) is 0 Å². The van der Waals surface area contributed by atoms with Crippen molar-refractivity contribution in [3.05, 3.63) is 71.8 Å². The third-order valence-electron chi connectivity index (χ3n) is 7.37. The molecule has 2 aromatic heterocycles. The first-order valence-corrected chi connectivity index (χ1v) is 13.5. The number of aromatic hydroxyl groups is 1. The van der Waals surface area contributed by atoms with Crippen molar-refractivity contribution in [2.75, 3.05) is 37.5 Å². The normalized spacial score (nSPS) is 15.8. The molecule has 9 nitrogen and oxygen atoms in total. The molecule has 0 saturated carbocycles. The minimum atomic E-state index is -0.514. The molecule has 2 aromatic carbocycles. The highest BCUT2D eigenvalue weighted by Gasteiger charge is 2.29. The van der Waals surface area contributed by atoms with Crippen molar-refractivity contribution in [2.24, 2.45) is 0 Å². The number of hydrogen-bond acceptors (Lipinski definition) is 9. The lowest BCUT2D eigenvalue weighted by atomic mass is 10.0. The van der Waals surface area contributed by atoms with Gasteiger partial charge in [-0.3, -0.25) is 0 Å². The second-order valence-electron chi connectivity index (χ2n) is 9.90. The summed E-state index contributed by atoms with van der Waals surface area (Å²) >= 11 is 0. The first-order chi connectivity index (χ1) is 19.5. The number of fused-ring (bicyclic) bond motifs is 1. The van der Waals surface area contributed by atoms with Crippen LogP contribution in [0.4, 0.5) is 16.0 Å². The largest absolute Gasteiger partial charge is 0.508 e. The van der Waals surface area contributed by atoms with E-state index in [2.05, 4.69) is 20.2 Å². The fourth-order valence-electron chi connectivity index (χ4n) is 5.26. The zero-order chi connectivity index (χ0) is 28.1. The second-order valence-corrected chi connectivity index (χ2v) is 9.90. The molecule has 10 heteroatoms. The van der Waals surface area contributed by atoms with E-state index < -0.39 is 6.10 Å². The molecular formula is C30H34FN5O4. The van der Waals surface area contributed by atoms with Gasteiger partial charge in [-0.25, -0.2) is 19.3 Å². The van der Waals surface area contributed by atoms with Crippen LogP contribution >= 0.6 is 0 Å². The van der Waals surface area contributed by atoms with E-state index in [1.807, 2.05) is 30.3 Å². The maximum absolute atomic E-state index is 14.0. The van der Waals surface area contributed by atoms with Crippen LogP contribution in [0.2, 0.25) is 0 Å². The minimum Gasteiger partial charge on any atom is -0.508 e. The number of aromatic nitrogens is 3. The van der Waals surface area contributed by atoms with Gasteiger partial charge in [-0.1, -0.05) is 6.07 Å². The van der Waals surface area contributed by atoms with E-state index in [4.69, 9.17) is 14.5 Å². The SMILES string of the molecule is COc1ccc(CCC(O)CCNc2ncnc3ccc(N4CCC[C@@H]4c4cc(F)ccc4O)nc23)c(OC)c1. The molecule has 40 heavy (non-hydrogen) atoms. The number of aryl methyl sites for hydroxylation is 1. The summed E-state index contributed by atoms with van der Waals surface area (Å²) in [5.41, 5.74) is 2.88. The number of ether oxygens (including phenoxy) is 2. The lowest BCUT2D eigenvalue weighted by Gasteiger charge is -2.27. The number of nitrogens with one attached hydrogen (secondary N) is 1. The molecule has 0 radical (unpaired) electrons. The Kier molecular flexibility index (Phi) is 8.45. The number of hydrogen-bond donors (Lipinski definition) is 3. The summed E-state index contributed by atoms with van der Waals surface area (Å²) in [7, 11) is 3.24. The number of pyridine rings is 1. The van der Waals surface area contributed by atoms with E-state index >= 15 is 0 Å². The molecule has 1 aliphatic rings. The summed E-state index contributed by atoms with van der Waals surface area (Å²) in [5.74, 6) is 2.47. The van der Waals surface area contributed by atoms with Gasteiger partial charge < -0.3 is 29.9 Å². The molecular weight excluding hydrogens is 513 g/mol. The molecule has 4 aromatic rings. The fraction of sp³-hybridized carbons (Fsp3) is 0.367. The zero-order valence-electron chi connectivity index (χ0n) is 22.7. The van der Waals surface area contributed by atoms with Crippen LogP contribution in [-0.4, -0.2) is 58.6 Å². The van der Waals surface area contributed by atoms with E-state index in [1.165, 1.54) is 24.5 Å². The Balaban J connectivity index is 1.25. The average molecular weight is 548 g/mol. The van der Waals surface area contributed by atoms with Gasteiger partial charge in [0.05, 0.1) is 31.9 Å². The van der Waals surface area contributed by atoms with Crippen LogP contribution in [0.1, 0.15) is 42.9 Å². The number of phenols is 1. The monoisotopic (exact) mass is 547 g/mol. The smallest absolute Gasteiger partial charge is 0.156 e. The zero-order valence-corrected chi connectivity index (χ0v) is 22.7. The highest BCUT2D eigenvalue weighted by Crippen LogP contribution is 2.39. The number of rotatable bonds is 11. The van der Waals surface area contributed by atoms with Crippen molar-refractivity contribution in [1.82, 2.24) is 15.0 Å². The molecule has 1 unspecified atom stereocenters. The van der Waals surface area contributed by atoms with E-state index in [9.17, 15) is 14.6 Å². The first-order valence-electron chi connectivity index (χ1n) is 13.5. The van der Waals surface area contributed by atoms with Crippen molar-refractivity contribution in [2.45, 2.75) is 44.2 Å². The van der Waals surface area contributed by atoms with Gasteiger partial charge in [-0.05, 0) is 74.1 Å². The second kappa shape index (κ2) is 12.3. The van der Waals surface area contributed by atoms with Gasteiger partial charge in [0.1, 0.15) is 40.7 Å². The van der Waals surface area contributed by atoms with Crippen LogP contribution in [0, 0.1) is 5.82 Å². The Bertz CT molecular complexity index is 1470. The molecule has 0 amide bonds. The van der Waals surface area contributed by atoms with Gasteiger partial charge in [0.15, 0.2) is 5.82 Å². The van der Waals surface area contributed by atoms with Gasteiger partial charge in [0.25, 0.3) is 0 Å². The molecule has 5 rings (SSSR count). The van der Waals surface area contributed by atoms with Crippen molar-refractivity contribution < 1.29 is 24.1 Å². The highest BCUT2D eigenvalue weighted by molar-refractivity contribution is 5.86. The quantitative estimate of drug-likeness (QED) is 0.238. The summed E-state index contributed by atoms with van der Waals surface area (Å²) in [6, 6.07) is 13.3. The number of aliphatic hydroxyl groups is 1. The molecule has 0 bridgehead atoms. The van der Waals surface area contributed by atoms with E-state index in [0.29, 0.717) is 54.0 Å². The summed E-state index contributed by atoms with van der Waals surface area (Å²) < 4.78 is 24.7. The van der Waals surface area contributed by atoms with Crippen LogP contribution in [0.5, 0.6) is 17.2 Å². The topological polar surface area (TPSA) is 113 Å². The molecule has 1 aliphatic heterocycles. The summed E-state index contributed by atoms with van der Waals surface area (Å²) in [6.45, 7) is 1.24. The Labute approximate surface area is 232 Å². The lowest BCUT2D eigenvalue weighted by Crippen LogP contribution is -2.24. The molecule has 3 heterocycles. The summed E-state index contributed by atoms with van der Waals surface area (Å²) in [5, 5.41) is 24.3. The van der Waals surface area contributed by atoms with Crippen LogP contribution in [0.15, 0.2) is 54.9 Å². The minimum absolute atomic E-state index is 0.0776. The van der Waals surface area contributed by atoms with Crippen LogP contribution < -0.4 is 19.7 Å².